The van der Waals surface area contributed by atoms with Crippen LogP contribution in [0.25, 0.3) is 5.70 Å². The molecule has 0 unspecified atom stereocenters. The molecule has 2 rings (SSSR count). The molecule has 0 aliphatic heterocycles. The number of allylic oxidation sites excluding steroid dienone is 1. The summed E-state index contributed by atoms with van der Waals surface area (Å²) in [6, 6.07) is -0.454. The molecule has 0 spiro atoms. The summed E-state index contributed by atoms with van der Waals surface area (Å²) in [6.07, 6.45) is 3.28. The third kappa shape index (κ3) is 1.61. The lowest BCUT2D eigenvalue weighted by Crippen LogP contribution is -2.36. The molecule has 86 valence electrons. The van der Waals surface area contributed by atoms with E-state index >= 15 is 0 Å². The number of carbonyl (C=O) groups is 1. The normalized spacial score (nSPS) is 13.8. The van der Waals surface area contributed by atoms with Crippen molar-refractivity contribution in [3.63, 3.8) is 0 Å². The van der Waals surface area contributed by atoms with Crippen molar-refractivity contribution in [3.05, 3.63) is 17.6 Å². The summed E-state index contributed by atoms with van der Waals surface area (Å²) < 4.78 is 1.17. The van der Waals surface area contributed by atoms with Crippen LogP contribution in [0.3, 0.4) is 0 Å². The van der Waals surface area contributed by atoms with Gasteiger partial charge in [-0.3, -0.25) is 5.01 Å². The number of carbonyl (C=O) groups excluding carboxylic acids is 1. The van der Waals surface area contributed by atoms with Crippen LogP contribution in [0.15, 0.2) is 11.9 Å². The molecular weight excluding hydrogens is 208 g/mol. The van der Waals surface area contributed by atoms with Gasteiger partial charge in [0.05, 0.1) is 5.70 Å². The predicted molar refractivity (Wildman–Crippen MR) is 59.7 cm³/mol. The summed E-state index contributed by atoms with van der Waals surface area (Å²) in [5.41, 5.74) is 13.8. The molecule has 7 heteroatoms. The maximum atomic E-state index is 11.6. The molecular formula is C9H14N6O. The first-order valence-corrected chi connectivity index (χ1v) is 4.85. The van der Waals surface area contributed by atoms with E-state index in [0.29, 0.717) is 11.4 Å². The minimum atomic E-state index is -0.454. The fraction of sp³-hybridized carbons (Fsp3) is 0.333. The number of anilines is 1. The minimum absolute atomic E-state index is 0.221. The van der Waals surface area contributed by atoms with Crippen molar-refractivity contribution in [1.29, 1.82) is 0 Å². The number of nitrogen functional groups attached to an aromatic ring is 1. The maximum Gasteiger partial charge on any atom is 0.344 e. The lowest BCUT2D eigenvalue weighted by molar-refractivity contribution is 0.212. The number of nitrogens with two attached hydrogens (primary N) is 3. The van der Waals surface area contributed by atoms with Crippen LogP contribution in [0.5, 0.6) is 0 Å². The third-order valence-electron chi connectivity index (χ3n) is 2.45. The Morgan fingerprint density at radius 1 is 1.56 bits per heavy atom. The van der Waals surface area contributed by atoms with Gasteiger partial charge in [0.15, 0.2) is 0 Å². The molecule has 1 aliphatic carbocycles. The smallest absolute Gasteiger partial charge is 0.344 e. The van der Waals surface area contributed by atoms with Crippen molar-refractivity contribution in [1.82, 2.24) is 14.6 Å². The second-order valence-corrected chi connectivity index (χ2v) is 3.76. The number of imidazole rings is 1. The lowest BCUT2D eigenvalue weighted by Gasteiger charge is -2.11. The van der Waals surface area contributed by atoms with E-state index in [1.165, 1.54) is 17.9 Å². The van der Waals surface area contributed by atoms with Crippen molar-refractivity contribution < 1.29 is 4.79 Å². The lowest BCUT2D eigenvalue weighted by atomic mass is 10.3. The first-order chi connectivity index (χ1) is 7.52. The highest BCUT2D eigenvalue weighted by Crippen LogP contribution is 2.34. The summed E-state index contributed by atoms with van der Waals surface area (Å²) in [5.74, 6) is 5.55. The van der Waals surface area contributed by atoms with E-state index in [4.69, 9.17) is 17.3 Å². The van der Waals surface area contributed by atoms with E-state index in [-0.39, 0.29) is 5.82 Å². The monoisotopic (exact) mass is 222 g/mol. The fourth-order valence-electron chi connectivity index (χ4n) is 1.39. The zero-order chi connectivity index (χ0) is 11.9. The molecule has 0 aromatic carbocycles. The van der Waals surface area contributed by atoms with Gasteiger partial charge in [0.1, 0.15) is 17.8 Å². The Morgan fingerprint density at radius 2 is 2.19 bits per heavy atom. The molecule has 0 atom stereocenters. The van der Waals surface area contributed by atoms with Gasteiger partial charge in [0.25, 0.3) is 0 Å². The molecule has 0 bridgehead atoms. The number of hydrogen-bond donors (Lipinski definition) is 3. The van der Waals surface area contributed by atoms with Gasteiger partial charge in [0, 0.05) is 7.05 Å². The first-order valence-electron chi connectivity index (χ1n) is 4.85. The van der Waals surface area contributed by atoms with Crippen LogP contribution in [0.2, 0.25) is 0 Å². The SMILES string of the molecule is CN(N)C(=O)n1cnc(C(N)=C2CC2)c1N. The largest absolute Gasteiger partial charge is 0.397 e. The van der Waals surface area contributed by atoms with Crippen LogP contribution in [0.1, 0.15) is 18.5 Å². The molecule has 1 aromatic heterocycles. The van der Waals surface area contributed by atoms with E-state index in [2.05, 4.69) is 4.98 Å². The number of nitrogens with zero attached hydrogens (tertiary/aromatic N) is 3. The molecule has 1 aliphatic rings. The summed E-state index contributed by atoms with van der Waals surface area (Å²) in [7, 11) is 1.43. The standard InChI is InChI=1S/C9H14N6O/c1-14(12)9(16)15-4-13-7(8(15)11)6(10)5-2-3-5/h4H,2-3,10-12H2,1H3. The summed E-state index contributed by atoms with van der Waals surface area (Å²) >= 11 is 0. The highest BCUT2D eigenvalue weighted by atomic mass is 16.2. The van der Waals surface area contributed by atoms with E-state index in [0.717, 1.165) is 23.4 Å². The van der Waals surface area contributed by atoms with Gasteiger partial charge in [-0.15, -0.1) is 0 Å². The van der Waals surface area contributed by atoms with Crippen molar-refractivity contribution in [3.8, 4) is 0 Å². The number of hydrazine groups is 1. The predicted octanol–water partition coefficient (Wildman–Crippen LogP) is -0.297. The summed E-state index contributed by atoms with van der Waals surface area (Å²) in [4.78, 5) is 15.6. The number of aromatic nitrogens is 2. The summed E-state index contributed by atoms with van der Waals surface area (Å²) in [6.45, 7) is 0. The van der Waals surface area contributed by atoms with Crippen LogP contribution < -0.4 is 17.3 Å². The molecule has 0 saturated heterocycles. The van der Waals surface area contributed by atoms with Crippen molar-refractivity contribution in [2.45, 2.75) is 12.8 Å². The highest BCUT2D eigenvalue weighted by molar-refractivity contribution is 5.83. The second-order valence-electron chi connectivity index (χ2n) is 3.76. The highest BCUT2D eigenvalue weighted by Gasteiger charge is 2.22. The molecule has 1 heterocycles. The van der Waals surface area contributed by atoms with E-state index < -0.39 is 6.03 Å². The second kappa shape index (κ2) is 3.53. The maximum absolute atomic E-state index is 11.6. The average Bonchev–Trinajstić information content (AvgIpc) is 3.00. The van der Waals surface area contributed by atoms with Crippen molar-refractivity contribution in [2.24, 2.45) is 11.6 Å². The number of hydrogen-bond acceptors (Lipinski definition) is 5. The van der Waals surface area contributed by atoms with Crippen LogP contribution >= 0.6 is 0 Å². The molecule has 7 nitrogen and oxygen atoms in total. The van der Waals surface area contributed by atoms with Crippen LogP contribution in [0.4, 0.5) is 10.6 Å². The van der Waals surface area contributed by atoms with Crippen molar-refractivity contribution in [2.75, 3.05) is 12.8 Å². The van der Waals surface area contributed by atoms with Gasteiger partial charge < -0.3 is 11.5 Å². The van der Waals surface area contributed by atoms with Crippen molar-refractivity contribution >= 4 is 17.5 Å². The Kier molecular flexibility index (Phi) is 2.31. The van der Waals surface area contributed by atoms with E-state index in [1.807, 2.05) is 0 Å². The molecule has 1 amide bonds. The Balaban J connectivity index is 2.38. The van der Waals surface area contributed by atoms with Gasteiger partial charge in [-0.1, -0.05) is 0 Å². The van der Waals surface area contributed by atoms with E-state index in [1.54, 1.807) is 0 Å². The van der Waals surface area contributed by atoms with Gasteiger partial charge in [0.2, 0.25) is 0 Å². The molecule has 16 heavy (non-hydrogen) atoms. The number of amides is 1. The Hall–Kier alpha value is -2.02. The quantitative estimate of drug-likeness (QED) is 0.343. The average molecular weight is 222 g/mol. The van der Waals surface area contributed by atoms with Gasteiger partial charge >= 0.3 is 6.03 Å². The Morgan fingerprint density at radius 3 is 2.69 bits per heavy atom. The first kappa shape index (κ1) is 10.5. The van der Waals surface area contributed by atoms with Gasteiger partial charge in [-0.05, 0) is 18.4 Å². The summed E-state index contributed by atoms with van der Waals surface area (Å²) in [5, 5.41) is 0.933. The van der Waals surface area contributed by atoms with Gasteiger partial charge in [-0.2, -0.15) is 0 Å². The van der Waals surface area contributed by atoms with Crippen LogP contribution in [-0.4, -0.2) is 27.6 Å². The molecule has 1 saturated carbocycles. The Labute approximate surface area is 92.5 Å². The van der Waals surface area contributed by atoms with Gasteiger partial charge in [-0.25, -0.2) is 20.2 Å². The minimum Gasteiger partial charge on any atom is -0.397 e. The Bertz CT molecular complexity index is 466. The molecule has 6 N–H and O–H groups in total. The van der Waals surface area contributed by atoms with Crippen LogP contribution in [0, 0.1) is 0 Å². The van der Waals surface area contributed by atoms with Crippen LogP contribution in [-0.2, 0) is 0 Å². The topological polar surface area (TPSA) is 116 Å². The number of rotatable bonds is 1. The molecule has 1 fully saturated rings. The zero-order valence-electron chi connectivity index (χ0n) is 8.97. The zero-order valence-corrected chi connectivity index (χ0v) is 8.97. The molecule has 0 radical (unpaired) electrons. The van der Waals surface area contributed by atoms with E-state index in [9.17, 15) is 4.79 Å². The third-order valence-corrected chi connectivity index (χ3v) is 2.45. The fourth-order valence-corrected chi connectivity index (χ4v) is 1.39. The molecule has 1 aromatic rings.